The number of aliphatic hydroxyl groups excluding tert-OH is 1. The zero-order valence-corrected chi connectivity index (χ0v) is 9.94. The van der Waals surface area contributed by atoms with E-state index >= 15 is 0 Å². The molecule has 1 saturated carbocycles. The lowest BCUT2D eigenvalue weighted by atomic mass is 10.2. The van der Waals surface area contributed by atoms with Crippen LogP contribution in [0.5, 0.6) is 0 Å². The normalized spacial score (nSPS) is 16.5. The first-order chi connectivity index (χ1) is 9.16. The van der Waals surface area contributed by atoms with Crippen molar-refractivity contribution >= 4 is 22.4 Å². The van der Waals surface area contributed by atoms with Crippen molar-refractivity contribution in [1.82, 2.24) is 10.3 Å². The van der Waals surface area contributed by atoms with Crippen LogP contribution in [0, 0.1) is 16.0 Å². The number of hydrogen-bond donors (Lipinski definition) is 2. The standard InChI is InChI=1S/C11H12N4O4/c16-9(6-1-2-6)5-12-7-3-4-8(15(17)18)11-10(7)13-19-14-11/h3-4,6,9,12,16H,1-2,5H2. The van der Waals surface area contributed by atoms with Gasteiger partial charge in [-0.1, -0.05) is 0 Å². The fourth-order valence-electron chi connectivity index (χ4n) is 2.01. The molecule has 1 unspecified atom stereocenters. The lowest BCUT2D eigenvalue weighted by Gasteiger charge is -2.11. The Hall–Kier alpha value is -2.22. The van der Waals surface area contributed by atoms with Gasteiger partial charge in [0.25, 0.3) is 0 Å². The van der Waals surface area contributed by atoms with Gasteiger partial charge >= 0.3 is 5.69 Å². The van der Waals surface area contributed by atoms with Crippen LogP contribution in [-0.4, -0.2) is 33.0 Å². The maximum Gasteiger partial charge on any atom is 0.300 e. The van der Waals surface area contributed by atoms with Crippen LogP contribution in [0.1, 0.15) is 12.8 Å². The largest absolute Gasteiger partial charge is 0.391 e. The third-order valence-corrected chi connectivity index (χ3v) is 3.26. The Morgan fingerprint density at radius 3 is 2.89 bits per heavy atom. The average Bonchev–Trinajstić information content (AvgIpc) is 3.12. The van der Waals surface area contributed by atoms with E-state index in [0.29, 0.717) is 23.7 Å². The predicted octanol–water partition coefficient (Wildman–Crippen LogP) is 1.31. The second kappa shape index (κ2) is 4.47. The fraction of sp³-hybridized carbons (Fsp3) is 0.455. The maximum absolute atomic E-state index is 10.8. The first-order valence-electron chi connectivity index (χ1n) is 5.98. The number of nitro benzene ring substituents is 1. The van der Waals surface area contributed by atoms with Crippen LogP contribution in [0.2, 0.25) is 0 Å². The van der Waals surface area contributed by atoms with Crippen molar-refractivity contribution in [3.63, 3.8) is 0 Å². The average molecular weight is 264 g/mol. The Morgan fingerprint density at radius 1 is 1.47 bits per heavy atom. The van der Waals surface area contributed by atoms with Gasteiger partial charge in [-0.15, -0.1) is 0 Å². The van der Waals surface area contributed by atoms with Crippen molar-refractivity contribution in [1.29, 1.82) is 0 Å². The minimum atomic E-state index is -0.532. The van der Waals surface area contributed by atoms with Gasteiger partial charge in [0, 0.05) is 12.6 Å². The van der Waals surface area contributed by atoms with E-state index in [0.717, 1.165) is 12.8 Å². The zero-order valence-electron chi connectivity index (χ0n) is 9.94. The van der Waals surface area contributed by atoms with E-state index in [9.17, 15) is 15.2 Å². The molecule has 8 nitrogen and oxygen atoms in total. The minimum absolute atomic E-state index is 0.107. The van der Waals surface area contributed by atoms with Crippen LogP contribution >= 0.6 is 0 Å². The van der Waals surface area contributed by atoms with E-state index in [2.05, 4.69) is 20.3 Å². The molecule has 3 rings (SSSR count). The second-order valence-electron chi connectivity index (χ2n) is 4.64. The molecular weight excluding hydrogens is 252 g/mol. The van der Waals surface area contributed by atoms with Crippen LogP contribution in [0.15, 0.2) is 16.8 Å². The number of aliphatic hydroxyl groups is 1. The Bertz CT molecular complexity index is 622. The van der Waals surface area contributed by atoms with Crippen molar-refractivity contribution in [3.05, 3.63) is 22.2 Å². The molecule has 1 heterocycles. The van der Waals surface area contributed by atoms with Crippen molar-refractivity contribution < 1.29 is 14.7 Å². The fourth-order valence-corrected chi connectivity index (χ4v) is 2.01. The van der Waals surface area contributed by atoms with Gasteiger partial charge in [-0.05, 0) is 35.1 Å². The monoisotopic (exact) mass is 264 g/mol. The smallest absolute Gasteiger partial charge is 0.300 e. The lowest BCUT2D eigenvalue weighted by Crippen LogP contribution is -2.21. The lowest BCUT2D eigenvalue weighted by molar-refractivity contribution is -0.383. The summed E-state index contributed by atoms with van der Waals surface area (Å²) in [4.78, 5) is 10.3. The Morgan fingerprint density at radius 2 is 2.21 bits per heavy atom. The van der Waals surface area contributed by atoms with Crippen molar-refractivity contribution in [2.24, 2.45) is 5.92 Å². The molecule has 8 heteroatoms. The Kier molecular flexibility index (Phi) is 2.79. The number of hydrogen-bond acceptors (Lipinski definition) is 7. The van der Waals surface area contributed by atoms with Crippen molar-refractivity contribution in [2.75, 3.05) is 11.9 Å². The molecule has 19 heavy (non-hydrogen) atoms. The molecule has 0 amide bonds. The second-order valence-corrected chi connectivity index (χ2v) is 4.64. The molecule has 1 fully saturated rings. The molecule has 0 bridgehead atoms. The quantitative estimate of drug-likeness (QED) is 0.618. The van der Waals surface area contributed by atoms with Gasteiger partial charge in [-0.2, -0.15) is 0 Å². The molecule has 100 valence electrons. The first-order valence-corrected chi connectivity index (χ1v) is 5.98. The molecule has 0 saturated heterocycles. The number of anilines is 1. The highest BCUT2D eigenvalue weighted by Gasteiger charge is 2.29. The third-order valence-electron chi connectivity index (χ3n) is 3.26. The molecule has 1 aliphatic carbocycles. The highest BCUT2D eigenvalue weighted by atomic mass is 16.6. The highest BCUT2D eigenvalue weighted by Crippen LogP contribution is 2.33. The van der Waals surface area contributed by atoms with Crippen LogP contribution in [-0.2, 0) is 0 Å². The number of aromatic nitrogens is 2. The summed E-state index contributed by atoms with van der Waals surface area (Å²) in [6, 6.07) is 2.89. The summed E-state index contributed by atoms with van der Waals surface area (Å²) in [6.45, 7) is 0.379. The molecule has 2 N–H and O–H groups in total. The minimum Gasteiger partial charge on any atom is -0.391 e. The molecule has 0 aliphatic heterocycles. The van der Waals surface area contributed by atoms with Gasteiger partial charge in [-0.25, -0.2) is 4.63 Å². The third kappa shape index (κ3) is 2.22. The van der Waals surface area contributed by atoms with E-state index in [-0.39, 0.29) is 11.2 Å². The van der Waals surface area contributed by atoms with Crippen LogP contribution in [0.3, 0.4) is 0 Å². The number of benzene rings is 1. The van der Waals surface area contributed by atoms with E-state index in [1.165, 1.54) is 6.07 Å². The molecular formula is C11H12N4O4. The number of nitrogens with one attached hydrogen (secondary N) is 1. The zero-order chi connectivity index (χ0) is 13.4. The van der Waals surface area contributed by atoms with Crippen LogP contribution in [0.4, 0.5) is 11.4 Å². The number of rotatable bonds is 5. The molecule has 0 spiro atoms. The van der Waals surface area contributed by atoms with Gasteiger partial charge in [0.05, 0.1) is 16.7 Å². The molecule has 2 aromatic rings. The van der Waals surface area contributed by atoms with Gasteiger partial charge < -0.3 is 10.4 Å². The van der Waals surface area contributed by atoms with Crippen LogP contribution < -0.4 is 5.32 Å². The summed E-state index contributed by atoms with van der Waals surface area (Å²) < 4.78 is 4.56. The number of nitro groups is 1. The summed E-state index contributed by atoms with van der Waals surface area (Å²) in [5, 5.41) is 30.8. The summed E-state index contributed by atoms with van der Waals surface area (Å²) >= 11 is 0. The first kappa shape index (κ1) is 11.8. The van der Waals surface area contributed by atoms with Gasteiger partial charge in [0.2, 0.25) is 5.52 Å². The molecule has 1 aromatic heterocycles. The number of nitrogens with zero attached hydrogens (tertiary/aromatic N) is 3. The number of non-ortho nitro benzene ring substituents is 1. The van der Waals surface area contributed by atoms with E-state index in [1.54, 1.807) is 6.07 Å². The van der Waals surface area contributed by atoms with Crippen LogP contribution in [0.25, 0.3) is 11.0 Å². The summed E-state index contributed by atoms with van der Waals surface area (Å²) in [6.07, 6.45) is 1.68. The summed E-state index contributed by atoms with van der Waals surface area (Å²) in [5.74, 6) is 0.358. The number of fused-ring (bicyclic) bond motifs is 1. The van der Waals surface area contributed by atoms with E-state index in [1.807, 2.05) is 0 Å². The van der Waals surface area contributed by atoms with Gasteiger partial charge in [-0.3, -0.25) is 10.1 Å². The Labute approximate surface area is 107 Å². The summed E-state index contributed by atoms with van der Waals surface area (Å²) in [7, 11) is 0. The Balaban J connectivity index is 1.85. The SMILES string of the molecule is O=[N+]([O-])c1ccc(NCC(O)C2CC2)c2nonc12. The van der Waals surface area contributed by atoms with E-state index in [4.69, 9.17) is 0 Å². The molecule has 0 radical (unpaired) electrons. The highest BCUT2D eigenvalue weighted by molar-refractivity contribution is 5.93. The van der Waals surface area contributed by atoms with E-state index < -0.39 is 11.0 Å². The van der Waals surface area contributed by atoms with Crippen molar-refractivity contribution in [3.8, 4) is 0 Å². The maximum atomic E-state index is 10.8. The van der Waals surface area contributed by atoms with Crippen molar-refractivity contribution in [2.45, 2.75) is 18.9 Å². The molecule has 1 atom stereocenters. The van der Waals surface area contributed by atoms with Gasteiger partial charge in [0.1, 0.15) is 0 Å². The summed E-state index contributed by atoms with van der Waals surface area (Å²) in [5.41, 5.74) is 0.833. The molecule has 1 aliphatic rings. The predicted molar refractivity (Wildman–Crippen MR) is 65.7 cm³/mol. The topological polar surface area (TPSA) is 114 Å². The van der Waals surface area contributed by atoms with Gasteiger partial charge in [0.15, 0.2) is 5.52 Å². The molecule has 1 aromatic carbocycles.